The Bertz CT molecular complexity index is 711. The average molecular weight is 491 g/mol. The summed E-state index contributed by atoms with van der Waals surface area (Å²) in [5, 5.41) is 3.55. The summed E-state index contributed by atoms with van der Waals surface area (Å²) in [5.41, 5.74) is 7.76. The van der Waals surface area contributed by atoms with Crippen LogP contribution in [0.15, 0.2) is 41.5 Å². The minimum absolute atomic E-state index is 0. The van der Waals surface area contributed by atoms with Crippen molar-refractivity contribution in [2.75, 3.05) is 25.1 Å². The van der Waals surface area contributed by atoms with Gasteiger partial charge < -0.3 is 20.5 Å². The highest BCUT2D eigenvalue weighted by Gasteiger charge is 2.07. The van der Waals surface area contributed by atoms with Crippen LogP contribution in [0.1, 0.15) is 19.4 Å². The van der Waals surface area contributed by atoms with Crippen molar-refractivity contribution in [1.29, 1.82) is 0 Å². The second kappa shape index (κ2) is 11.8. The number of aliphatic imine (C=N–C) groups is 1. The lowest BCUT2D eigenvalue weighted by atomic mass is 10.2. The van der Waals surface area contributed by atoms with Crippen LogP contribution in [0.3, 0.4) is 0 Å². The van der Waals surface area contributed by atoms with Crippen molar-refractivity contribution in [2.24, 2.45) is 10.7 Å². The van der Waals surface area contributed by atoms with Crippen LogP contribution in [-0.4, -0.2) is 30.7 Å². The van der Waals surface area contributed by atoms with Gasteiger partial charge in [-0.2, -0.15) is 0 Å². The molecule has 6 nitrogen and oxygen atoms in total. The van der Waals surface area contributed by atoms with E-state index < -0.39 is 0 Å². The van der Waals surface area contributed by atoms with Gasteiger partial charge in [-0.25, -0.2) is 4.98 Å². The van der Waals surface area contributed by atoms with Crippen molar-refractivity contribution < 1.29 is 9.47 Å². The summed E-state index contributed by atoms with van der Waals surface area (Å²) in [5.74, 6) is 1.76. The first kappa shape index (κ1) is 22.3. The standard InChI is InChI=1S/C18H23ClN4O2.HI/c1-3-24-14-6-7-16(25-4-2)15(11-14)23-18(20)21-10-9-13-5-8-17(19)22-12-13;/h5-8,11-12H,3-4,9-10H2,1-2H3,(H3,20,21,23);1H. The molecule has 0 unspecified atom stereocenters. The van der Waals surface area contributed by atoms with Gasteiger partial charge in [-0.1, -0.05) is 17.7 Å². The van der Waals surface area contributed by atoms with Crippen LogP contribution in [0.25, 0.3) is 0 Å². The number of hydrogen-bond donors (Lipinski definition) is 2. The van der Waals surface area contributed by atoms with Crippen LogP contribution in [0.5, 0.6) is 11.5 Å². The van der Waals surface area contributed by atoms with Crippen LogP contribution in [0.4, 0.5) is 5.69 Å². The maximum atomic E-state index is 5.99. The first-order valence-corrected chi connectivity index (χ1v) is 8.57. The van der Waals surface area contributed by atoms with E-state index in [1.807, 2.05) is 38.1 Å². The summed E-state index contributed by atoms with van der Waals surface area (Å²) in [7, 11) is 0. The lowest BCUT2D eigenvalue weighted by molar-refractivity contribution is 0.332. The van der Waals surface area contributed by atoms with E-state index in [0.717, 1.165) is 23.4 Å². The van der Waals surface area contributed by atoms with Gasteiger partial charge in [-0.3, -0.25) is 4.99 Å². The van der Waals surface area contributed by atoms with Crippen LogP contribution in [0, 0.1) is 0 Å². The molecule has 0 bridgehead atoms. The molecule has 0 spiro atoms. The molecule has 0 fully saturated rings. The third kappa shape index (κ3) is 7.25. The lowest BCUT2D eigenvalue weighted by Gasteiger charge is -2.14. The third-order valence-electron chi connectivity index (χ3n) is 3.30. The number of benzene rings is 1. The molecule has 3 N–H and O–H groups in total. The summed E-state index contributed by atoms with van der Waals surface area (Å²) < 4.78 is 11.1. The highest BCUT2D eigenvalue weighted by atomic mass is 127. The van der Waals surface area contributed by atoms with E-state index in [-0.39, 0.29) is 24.0 Å². The molecule has 0 radical (unpaired) electrons. The quantitative estimate of drug-likeness (QED) is 0.252. The molecule has 0 atom stereocenters. The number of anilines is 1. The highest BCUT2D eigenvalue weighted by molar-refractivity contribution is 14.0. The molecule has 0 aliphatic heterocycles. The van der Waals surface area contributed by atoms with Gasteiger partial charge >= 0.3 is 0 Å². The fourth-order valence-electron chi connectivity index (χ4n) is 2.18. The summed E-state index contributed by atoms with van der Waals surface area (Å²) in [6.07, 6.45) is 2.46. The van der Waals surface area contributed by atoms with Gasteiger partial charge in [0.15, 0.2) is 5.96 Å². The predicted octanol–water partition coefficient (Wildman–Crippen LogP) is 4.12. The molecular formula is C18H24ClIN4O2. The molecule has 1 heterocycles. The normalized spacial score (nSPS) is 10.8. The number of aromatic nitrogens is 1. The summed E-state index contributed by atoms with van der Waals surface area (Å²) in [4.78, 5) is 8.38. The first-order valence-electron chi connectivity index (χ1n) is 8.19. The van der Waals surface area contributed by atoms with Crippen molar-refractivity contribution in [3.05, 3.63) is 47.2 Å². The number of nitrogens with one attached hydrogen (secondary N) is 1. The van der Waals surface area contributed by atoms with Crippen molar-refractivity contribution in [2.45, 2.75) is 20.3 Å². The second-order valence-electron chi connectivity index (χ2n) is 5.16. The molecule has 26 heavy (non-hydrogen) atoms. The molecule has 2 aromatic rings. The lowest BCUT2D eigenvalue weighted by Crippen LogP contribution is -2.23. The number of hydrogen-bond acceptors (Lipinski definition) is 4. The second-order valence-corrected chi connectivity index (χ2v) is 5.54. The van der Waals surface area contributed by atoms with E-state index in [1.54, 1.807) is 12.3 Å². The predicted molar refractivity (Wildman–Crippen MR) is 117 cm³/mol. The monoisotopic (exact) mass is 490 g/mol. The smallest absolute Gasteiger partial charge is 0.193 e. The van der Waals surface area contributed by atoms with Gasteiger partial charge in [0.1, 0.15) is 16.7 Å². The topological polar surface area (TPSA) is 81.8 Å². The fraction of sp³-hybridized carbons (Fsp3) is 0.333. The number of halogens is 2. The van der Waals surface area contributed by atoms with Crippen LogP contribution in [0.2, 0.25) is 5.15 Å². The largest absolute Gasteiger partial charge is 0.494 e. The molecule has 0 aliphatic rings. The summed E-state index contributed by atoms with van der Waals surface area (Å²) in [6.45, 7) is 5.55. The number of ether oxygens (including phenoxy) is 2. The number of pyridine rings is 1. The van der Waals surface area contributed by atoms with Crippen LogP contribution < -0.4 is 20.5 Å². The number of guanidine groups is 1. The van der Waals surface area contributed by atoms with Gasteiger partial charge in [-0.05, 0) is 44.0 Å². The van der Waals surface area contributed by atoms with Gasteiger partial charge in [0.25, 0.3) is 0 Å². The SMILES string of the molecule is CCOc1ccc(OCC)c(NC(N)=NCCc2ccc(Cl)nc2)c1.I. The molecule has 142 valence electrons. The van der Waals surface area contributed by atoms with E-state index in [9.17, 15) is 0 Å². The fourth-order valence-corrected chi connectivity index (χ4v) is 2.29. The summed E-state index contributed by atoms with van der Waals surface area (Å²) >= 11 is 5.77. The first-order chi connectivity index (χ1) is 12.1. The molecule has 0 amide bonds. The number of rotatable bonds is 8. The number of nitrogens with zero attached hydrogens (tertiary/aromatic N) is 2. The molecular weight excluding hydrogens is 467 g/mol. The van der Waals surface area contributed by atoms with Crippen molar-refractivity contribution in [1.82, 2.24) is 4.98 Å². The van der Waals surface area contributed by atoms with Gasteiger partial charge in [-0.15, -0.1) is 24.0 Å². The zero-order valence-electron chi connectivity index (χ0n) is 14.9. The van der Waals surface area contributed by atoms with E-state index in [2.05, 4.69) is 15.3 Å². The van der Waals surface area contributed by atoms with E-state index in [4.69, 9.17) is 26.8 Å². The van der Waals surface area contributed by atoms with Crippen molar-refractivity contribution in [3.8, 4) is 11.5 Å². The Balaban J connectivity index is 0.00000338. The molecule has 0 saturated heterocycles. The van der Waals surface area contributed by atoms with Crippen LogP contribution in [-0.2, 0) is 6.42 Å². The van der Waals surface area contributed by atoms with Crippen LogP contribution >= 0.6 is 35.6 Å². The maximum absolute atomic E-state index is 5.99. The Hall–Kier alpha value is -1.74. The average Bonchev–Trinajstić information content (AvgIpc) is 2.59. The molecule has 8 heteroatoms. The molecule has 1 aromatic carbocycles. The van der Waals surface area contributed by atoms with Gasteiger partial charge in [0, 0.05) is 18.8 Å². The van der Waals surface area contributed by atoms with E-state index in [1.165, 1.54) is 0 Å². The van der Waals surface area contributed by atoms with Crippen molar-refractivity contribution in [3.63, 3.8) is 0 Å². The maximum Gasteiger partial charge on any atom is 0.193 e. The van der Waals surface area contributed by atoms with Gasteiger partial charge in [0.05, 0.1) is 18.9 Å². The Morgan fingerprint density at radius 2 is 1.96 bits per heavy atom. The Labute approximate surface area is 176 Å². The Morgan fingerprint density at radius 1 is 1.19 bits per heavy atom. The van der Waals surface area contributed by atoms with Gasteiger partial charge in [0.2, 0.25) is 0 Å². The molecule has 0 saturated carbocycles. The number of nitrogens with two attached hydrogens (primary N) is 1. The van der Waals surface area contributed by atoms with E-state index >= 15 is 0 Å². The minimum atomic E-state index is 0. The minimum Gasteiger partial charge on any atom is -0.494 e. The Kier molecular flexibility index (Phi) is 10.1. The molecule has 1 aromatic heterocycles. The van der Waals surface area contributed by atoms with E-state index in [0.29, 0.717) is 36.6 Å². The zero-order valence-corrected chi connectivity index (χ0v) is 18.0. The zero-order chi connectivity index (χ0) is 18.1. The third-order valence-corrected chi connectivity index (χ3v) is 3.52. The molecule has 0 aliphatic carbocycles. The highest BCUT2D eigenvalue weighted by Crippen LogP contribution is 2.29. The molecule has 2 rings (SSSR count). The summed E-state index contributed by atoms with van der Waals surface area (Å²) in [6, 6.07) is 9.24. The Morgan fingerprint density at radius 3 is 2.62 bits per heavy atom. The van der Waals surface area contributed by atoms with Crippen molar-refractivity contribution >= 4 is 47.2 Å².